The van der Waals surface area contributed by atoms with Crippen LogP contribution in [0, 0.1) is 0 Å². The van der Waals surface area contributed by atoms with E-state index in [1.165, 1.54) is 0 Å². The van der Waals surface area contributed by atoms with Crippen molar-refractivity contribution in [3.8, 4) is 0 Å². The number of carboxylic acids is 1. The topological polar surface area (TPSA) is 77.8 Å². The summed E-state index contributed by atoms with van der Waals surface area (Å²) in [6.45, 7) is 2.55. The molecule has 2 N–H and O–H groups in total. The van der Waals surface area contributed by atoms with E-state index in [2.05, 4.69) is 0 Å². The van der Waals surface area contributed by atoms with Gasteiger partial charge in [-0.25, -0.2) is 4.79 Å². The number of carbonyl (C=O) groups is 2. The van der Waals surface area contributed by atoms with Gasteiger partial charge in [0.2, 0.25) is 0 Å². The van der Waals surface area contributed by atoms with Crippen molar-refractivity contribution in [3.63, 3.8) is 0 Å². The Bertz CT molecular complexity index is 518. The Morgan fingerprint density at radius 3 is 2.50 bits per heavy atom. The van der Waals surface area contributed by atoms with E-state index in [1.807, 2.05) is 25.1 Å². The van der Waals surface area contributed by atoms with Crippen molar-refractivity contribution < 1.29 is 19.8 Å². The lowest BCUT2D eigenvalue weighted by molar-refractivity contribution is -0.162. The van der Waals surface area contributed by atoms with Gasteiger partial charge in [-0.1, -0.05) is 19.1 Å². The number of carboxylic acid groups (broad SMARTS) is 1. The highest BCUT2D eigenvalue weighted by Crippen LogP contribution is 2.23. The molecule has 5 heteroatoms. The Balaban J connectivity index is 2.06. The molecule has 0 bridgehead atoms. The van der Waals surface area contributed by atoms with E-state index < -0.39 is 11.6 Å². The van der Waals surface area contributed by atoms with Gasteiger partial charge in [0.1, 0.15) is 0 Å². The molecule has 2 rings (SSSR count). The lowest BCUT2D eigenvalue weighted by Gasteiger charge is -2.35. The van der Waals surface area contributed by atoms with E-state index in [1.54, 1.807) is 11.0 Å². The van der Waals surface area contributed by atoms with E-state index in [4.69, 9.17) is 5.11 Å². The van der Waals surface area contributed by atoms with Crippen LogP contribution in [0.5, 0.6) is 0 Å². The molecule has 1 heterocycles. The smallest absolute Gasteiger partial charge is 0.335 e. The normalized spacial score (nSPS) is 17.8. The summed E-state index contributed by atoms with van der Waals surface area (Å²) in [5, 5.41) is 18.8. The quantitative estimate of drug-likeness (QED) is 0.873. The lowest BCUT2D eigenvalue weighted by atomic mass is 9.91. The number of hydrogen-bond donors (Lipinski definition) is 2. The van der Waals surface area contributed by atoms with Crippen molar-refractivity contribution >= 4 is 11.9 Å². The first-order valence-corrected chi connectivity index (χ1v) is 6.80. The summed E-state index contributed by atoms with van der Waals surface area (Å²) in [5.74, 6) is -1.31. The average molecular weight is 277 g/mol. The molecule has 1 saturated heterocycles. The average Bonchev–Trinajstić information content (AvgIpc) is 2.47. The lowest BCUT2D eigenvalue weighted by Crippen LogP contribution is -2.50. The van der Waals surface area contributed by atoms with Crippen LogP contribution in [0.25, 0.3) is 0 Å². The van der Waals surface area contributed by atoms with E-state index in [0.717, 1.165) is 12.0 Å². The van der Waals surface area contributed by atoms with Crippen LogP contribution in [0.15, 0.2) is 24.3 Å². The standard InChI is InChI=1S/C15H19NO4/c1-2-11-4-3-5-12(10-11)13(17)16-8-6-15(20,7-9-16)14(18)19/h3-5,10,20H,2,6-9H2,1H3,(H,18,19). The van der Waals surface area contributed by atoms with E-state index in [0.29, 0.717) is 5.56 Å². The summed E-state index contributed by atoms with van der Waals surface area (Å²) in [6.07, 6.45) is 1.00. The van der Waals surface area contributed by atoms with Crippen molar-refractivity contribution in [2.45, 2.75) is 31.8 Å². The van der Waals surface area contributed by atoms with Gasteiger partial charge in [0, 0.05) is 31.5 Å². The molecule has 0 aliphatic carbocycles. The fraction of sp³-hybridized carbons (Fsp3) is 0.467. The minimum atomic E-state index is -1.69. The number of aliphatic hydroxyl groups is 1. The third-order valence-corrected chi connectivity index (χ3v) is 3.86. The zero-order chi connectivity index (χ0) is 14.8. The Morgan fingerprint density at radius 2 is 1.95 bits per heavy atom. The van der Waals surface area contributed by atoms with Crippen molar-refractivity contribution in [3.05, 3.63) is 35.4 Å². The highest BCUT2D eigenvalue weighted by Gasteiger charge is 2.40. The van der Waals surface area contributed by atoms with Gasteiger partial charge in [-0.15, -0.1) is 0 Å². The molecule has 0 atom stereocenters. The van der Waals surface area contributed by atoms with Gasteiger partial charge in [-0.3, -0.25) is 4.79 Å². The highest BCUT2D eigenvalue weighted by atomic mass is 16.4. The van der Waals surface area contributed by atoms with E-state index >= 15 is 0 Å². The zero-order valence-electron chi connectivity index (χ0n) is 11.5. The number of rotatable bonds is 3. The molecule has 0 aromatic heterocycles. The molecule has 1 aliphatic heterocycles. The summed E-state index contributed by atoms with van der Waals surface area (Å²) in [6, 6.07) is 7.44. The minimum Gasteiger partial charge on any atom is -0.479 e. The summed E-state index contributed by atoms with van der Waals surface area (Å²) >= 11 is 0. The molecule has 108 valence electrons. The largest absolute Gasteiger partial charge is 0.479 e. The molecule has 5 nitrogen and oxygen atoms in total. The van der Waals surface area contributed by atoms with Crippen LogP contribution in [0.1, 0.15) is 35.7 Å². The number of amides is 1. The Morgan fingerprint density at radius 1 is 1.30 bits per heavy atom. The number of nitrogens with zero attached hydrogens (tertiary/aromatic N) is 1. The van der Waals surface area contributed by atoms with E-state index in [9.17, 15) is 14.7 Å². The molecule has 0 saturated carbocycles. The van der Waals surface area contributed by atoms with Gasteiger partial charge < -0.3 is 15.1 Å². The van der Waals surface area contributed by atoms with Crippen molar-refractivity contribution in [1.29, 1.82) is 0 Å². The van der Waals surface area contributed by atoms with Gasteiger partial charge in [0.25, 0.3) is 5.91 Å². The molecule has 0 spiro atoms. The number of carbonyl (C=O) groups excluding carboxylic acids is 1. The maximum absolute atomic E-state index is 12.3. The monoisotopic (exact) mass is 277 g/mol. The van der Waals surface area contributed by atoms with Gasteiger partial charge in [0.15, 0.2) is 5.60 Å². The molecule has 1 aromatic carbocycles. The molecule has 1 aliphatic rings. The van der Waals surface area contributed by atoms with Gasteiger partial charge >= 0.3 is 5.97 Å². The summed E-state index contributed by atoms with van der Waals surface area (Å²) in [4.78, 5) is 24.9. The zero-order valence-corrected chi connectivity index (χ0v) is 11.5. The van der Waals surface area contributed by atoms with Gasteiger partial charge in [0.05, 0.1) is 0 Å². The minimum absolute atomic E-state index is 0.0710. The fourth-order valence-electron chi connectivity index (χ4n) is 2.40. The molecular weight excluding hydrogens is 258 g/mol. The number of aryl methyl sites for hydroxylation is 1. The van der Waals surface area contributed by atoms with Crippen molar-refractivity contribution in [2.24, 2.45) is 0 Å². The first-order valence-electron chi connectivity index (χ1n) is 6.80. The number of aliphatic carboxylic acids is 1. The predicted molar refractivity (Wildman–Crippen MR) is 73.5 cm³/mol. The van der Waals surface area contributed by atoms with Crippen LogP contribution in [-0.2, 0) is 11.2 Å². The Labute approximate surface area is 117 Å². The highest BCUT2D eigenvalue weighted by molar-refractivity contribution is 5.94. The molecule has 0 radical (unpaired) electrons. The third kappa shape index (κ3) is 2.82. The van der Waals surface area contributed by atoms with Crippen molar-refractivity contribution in [2.75, 3.05) is 13.1 Å². The first-order chi connectivity index (χ1) is 9.46. The van der Waals surface area contributed by atoms with Crippen LogP contribution in [0.2, 0.25) is 0 Å². The summed E-state index contributed by atoms with van der Waals surface area (Å²) < 4.78 is 0. The second-order valence-electron chi connectivity index (χ2n) is 5.18. The fourth-order valence-corrected chi connectivity index (χ4v) is 2.40. The predicted octanol–water partition coefficient (Wildman–Crippen LogP) is 1.30. The van der Waals surface area contributed by atoms with Gasteiger partial charge in [-0.2, -0.15) is 0 Å². The number of benzene rings is 1. The molecular formula is C15H19NO4. The second kappa shape index (κ2) is 5.63. The maximum Gasteiger partial charge on any atom is 0.335 e. The molecule has 0 unspecified atom stereocenters. The van der Waals surface area contributed by atoms with Gasteiger partial charge in [-0.05, 0) is 24.1 Å². The molecule has 1 aromatic rings. The van der Waals surface area contributed by atoms with Crippen LogP contribution in [0.4, 0.5) is 0 Å². The van der Waals surface area contributed by atoms with Crippen LogP contribution >= 0.6 is 0 Å². The number of hydrogen-bond acceptors (Lipinski definition) is 3. The summed E-state index contributed by atoms with van der Waals surface area (Å²) in [5.41, 5.74) is 0.0159. The molecule has 1 fully saturated rings. The van der Waals surface area contributed by atoms with E-state index in [-0.39, 0.29) is 31.8 Å². The van der Waals surface area contributed by atoms with Crippen molar-refractivity contribution in [1.82, 2.24) is 4.90 Å². The molecule has 1 amide bonds. The summed E-state index contributed by atoms with van der Waals surface area (Å²) in [7, 11) is 0. The Hall–Kier alpha value is -1.88. The second-order valence-corrected chi connectivity index (χ2v) is 5.18. The first kappa shape index (κ1) is 14.5. The molecule has 20 heavy (non-hydrogen) atoms. The SMILES string of the molecule is CCc1cccc(C(=O)N2CCC(O)(C(=O)O)CC2)c1. The number of likely N-dealkylation sites (tertiary alicyclic amines) is 1. The Kier molecular flexibility index (Phi) is 4.09. The maximum atomic E-state index is 12.3. The van der Waals surface area contributed by atoms with Crippen LogP contribution in [-0.4, -0.2) is 45.7 Å². The third-order valence-electron chi connectivity index (χ3n) is 3.86. The van der Waals surface area contributed by atoms with Crippen LogP contribution < -0.4 is 0 Å². The number of piperidine rings is 1. The van der Waals surface area contributed by atoms with Crippen LogP contribution in [0.3, 0.4) is 0 Å².